The number of hydrogen-bond donors (Lipinski definition) is 1. The minimum Gasteiger partial charge on any atom is -0.320 e. The molecule has 0 spiro atoms. The smallest absolute Gasteiger partial charge is 0.127 e. The molecule has 1 aromatic carbocycles. The van der Waals surface area contributed by atoms with Crippen molar-refractivity contribution in [2.24, 2.45) is 0 Å². The van der Waals surface area contributed by atoms with Crippen LogP contribution in [0.4, 0.5) is 4.39 Å². The van der Waals surface area contributed by atoms with Crippen LogP contribution in [0.5, 0.6) is 0 Å². The fourth-order valence-corrected chi connectivity index (χ4v) is 2.03. The Hall–Kier alpha value is -0.930. The quantitative estimate of drug-likeness (QED) is 0.680. The summed E-state index contributed by atoms with van der Waals surface area (Å²) < 4.78 is 13.4. The molecule has 1 N–H and O–H groups in total. The standard InChI is InChI=1S/C15H25FN2/c1-17-11-7-3-4-8-12-18(2)13-14-9-5-6-10-15(14)16/h5-6,9-10,17H,3-4,7-8,11-13H2,1-2H3. The lowest BCUT2D eigenvalue weighted by Crippen LogP contribution is -2.19. The summed E-state index contributed by atoms with van der Waals surface area (Å²) in [5.41, 5.74) is 0.787. The molecule has 102 valence electrons. The molecule has 0 saturated heterocycles. The lowest BCUT2D eigenvalue weighted by atomic mass is 10.1. The highest BCUT2D eigenvalue weighted by Gasteiger charge is 2.04. The predicted molar refractivity (Wildman–Crippen MR) is 75.1 cm³/mol. The molecule has 0 fully saturated rings. The molecule has 0 unspecified atom stereocenters. The molecule has 2 nitrogen and oxygen atoms in total. The zero-order valence-electron chi connectivity index (χ0n) is 11.6. The molecule has 0 saturated carbocycles. The van der Waals surface area contributed by atoms with Gasteiger partial charge in [-0.3, -0.25) is 0 Å². The van der Waals surface area contributed by atoms with E-state index in [0.717, 1.165) is 18.7 Å². The highest BCUT2D eigenvalue weighted by Crippen LogP contribution is 2.09. The van der Waals surface area contributed by atoms with Gasteiger partial charge in [0.05, 0.1) is 0 Å². The molecular formula is C15H25FN2. The highest BCUT2D eigenvalue weighted by atomic mass is 19.1. The second-order valence-electron chi connectivity index (χ2n) is 4.85. The predicted octanol–water partition coefficient (Wildman–Crippen LogP) is 3.04. The third kappa shape index (κ3) is 6.12. The van der Waals surface area contributed by atoms with Crippen LogP contribution in [0, 0.1) is 5.82 Å². The second kappa shape index (κ2) is 9.06. The Bertz CT molecular complexity index is 328. The van der Waals surface area contributed by atoms with Gasteiger partial charge in [0.25, 0.3) is 0 Å². The van der Waals surface area contributed by atoms with Crippen LogP contribution < -0.4 is 5.32 Å². The van der Waals surface area contributed by atoms with Crippen molar-refractivity contribution in [2.45, 2.75) is 32.2 Å². The van der Waals surface area contributed by atoms with E-state index in [1.807, 2.05) is 19.2 Å². The van der Waals surface area contributed by atoms with Crippen molar-refractivity contribution in [1.29, 1.82) is 0 Å². The molecule has 0 aliphatic heterocycles. The molecule has 1 rings (SSSR count). The number of nitrogens with one attached hydrogen (secondary N) is 1. The van der Waals surface area contributed by atoms with Crippen molar-refractivity contribution in [1.82, 2.24) is 10.2 Å². The van der Waals surface area contributed by atoms with Crippen molar-refractivity contribution in [2.75, 3.05) is 27.2 Å². The number of unbranched alkanes of at least 4 members (excludes halogenated alkanes) is 3. The Labute approximate surface area is 110 Å². The first kappa shape index (κ1) is 15.1. The maximum Gasteiger partial charge on any atom is 0.127 e. The van der Waals surface area contributed by atoms with Crippen molar-refractivity contribution < 1.29 is 4.39 Å². The molecule has 0 amide bonds. The molecule has 0 radical (unpaired) electrons. The van der Waals surface area contributed by atoms with Crippen LogP contribution in [0.15, 0.2) is 24.3 Å². The maximum atomic E-state index is 13.4. The van der Waals surface area contributed by atoms with Gasteiger partial charge in [-0.05, 0) is 46.1 Å². The average molecular weight is 252 g/mol. The van der Waals surface area contributed by atoms with Gasteiger partial charge in [-0.2, -0.15) is 0 Å². The van der Waals surface area contributed by atoms with Crippen LogP contribution in [0.1, 0.15) is 31.2 Å². The monoisotopic (exact) mass is 252 g/mol. The fourth-order valence-electron chi connectivity index (χ4n) is 2.03. The maximum absolute atomic E-state index is 13.4. The third-order valence-corrected chi connectivity index (χ3v) is 3.11. The molecule has 0 bridgehead atoms. The van der Waals surface area contributed by atoms with E-state index in [0.29, 0.717) is 6.54 Å². The normalized spacial score (nSPS) is 11.1. The number of nitrogens with zero attached hydrogens (tertiary/aromatic N) is 1. The summed E-state index contributed by atoms with van der Waals surface area (Å²) in [7, 11) is 4.04. The van der Waals surface area contributed by atoms with E-state index >= 15 is 0 Å². The van der Waals surface area contributed by atoms with Crippen LogP contribution in [-0.2, 0) is 6.54 Å². The number of benzene rings is 1. The van der Waals surface area contributed by atoms with Crippen LogP contribution in [0.3, 0.4) is 0 Å². The van der Waals surface area contributed by atoms with E-state index in [9.17, 15) is 4.39 Å². The SMILES string of the molecule is CNCCCCCCN(C)Cc1ccccc1F. The van der Waals surface area contributed by atoms with Gasteiger partial charge in [0, 0.05) is 12.1 Å². The largest absolute Gasteiger partial charge is 0.320 e. The van der Waals surface area contributed by atoms with E-state index in [4.69, 9.17) is 0 Å². The van der Waals surface area contributed by atoms with Crippen molar-refractivity contribution >= 4 is 0 Å². The number of rotatable bonds is 9. The highest BCUT2D eigenvalue weighted by molar-refractivity contribution is 5.16. The summed E-state index contributed by atoms with van der Waals surface area (Å²) in [4.78, 5) is 2.19. The van der Waals surface area contributed by atoms with E-state index < -0.39 is 0 Å². The molecule has 0 aliphatic carbocycles. The molecule has 0 aliphatic rings. The van der Waals surface area contributed by atoms with Gasteiger partial charge < -0.3 is 10.2 Å². The van der Waals surface area contributed by atoms with Crippen LogP contribution >= 0.6 is 0 Å². The zero-order chi connectivity index (χ0) is 13.2. The summed E-state index contributed by atoms with van der Waals surface area (Å²) in [6.07, 6.45) is 4.96. The molecule has 3 heteroatoms. The molecule has 0 heterocycles. The Kier molecular flexibility index (Phi) is 7.62. The third-order valence-electron chi connectivity index (χ3n) is 3.11. The van der Waals surface area contributed by atoms with Gasteiger partial charge in [-0.15, -0.1) is 0 Å². The molecule has 1 aromatic rings. The zero-order valence-corrected chi connectivity index (χ0v) is 11.6. The van der Waals surface area contributed by atoms with Gasteiger partial charge in [-0.1, -0.05) is 31.0 Å². The van der Waals surface area contributed by atoms with Gasteiger partial charge >= 0.3 is 0 Å². The summed E-state index contributed by atoms with van der Waals surface area (Å²) in [6, 6.07) is 7.02. The second-order valence-corrected chi connectivity index (χ2v) is 4.85. The van der Waals surface area contributed by atoms with Crippen LogP contribution in [0.25, 0.3) is 0 Å². The van der Waals surface area contributed by atoms with Gasteiger partial charge in [0.15, 0.2) is 0 Å². The topological polar surface area (TPSA) is 15.3 Å². The first-order valence-electron chi connectivity index (χ1n) is 6.80. The van der Waals surface area contributed by atoms with E-state index in [-0.39, 0.29) is 5.82 Å². The van der Waals surface area contributed by atoms with Gasteiger partial charge in [-0.25, -0.2) is 4.39 Å². The lowest BCUT2D eigenvalue weighted by molar-refractivity contribution is 0.311. The molecule has 18 heavy (non-hydrogen) atoms. The van der Waals surface area contributed by atoms with Crippen molar-refractivity contribution in [3.05, 3.63) is 35.6 Å². The molecule has 0 atom stereocenters. The fraction of sp³-hybridized carbons (Fsp3) is 0.600. The Morgan fingerprint density at radius 1 is 1.11 bits per heavy atom. The Morgan fingerprint density at radius 3 is 2.56 bits per heavy atom. The van der Waals surface area contributed by atoms with Crippen LogP contribution in [0.2, 0.25) is 0 Å². The van der Waals surface area contributed by atoms with E-state index in [1.165, 1.54) is 31.7 Å². The summed E-state index contributed by atoms with van der Waals surface area (Å²) >= 11 is 0. The lowest BCUT2D eigenvalue weighted by Gasteiger charge is -2.16. The first-order chi connectivity index (χ1) is 8.74. The minimum atomic E-state index is -0.0987. The minimum absolute atomic E-state index is 0.0987. The Morgan fingerprint density at radius 2 is 1.83 bits per heavy atom. The van der Waals surface area contributed by atoms with Crippen molar-refractivity contribution in [3.63, 3.8) is 0 Å². The average Bonchev–Trinajstić information content (AvgIpc) is 2.36. The van der Waals surface area contributed by atoms with Crippen molar-refractivity contribution in [3.8, 4) is 0 Å². The molecule has 0 aromatic heterocycles. The Balaban J connectivity index is 2.14. The number of hydrogen-bond acceptors (Lipinski definition) is 2. The summed E-state index contributed by atoms with van der Waals surface area (Å²) in [5.74, 6) is -0.0987. The van der Waals surface area contributed by atoms with Crippen LogP contribution in [-0.4, -0.2) is 32.1 Å². The van der Waals surface area contributed by atoms with E-state index in [1.54, 1.807) is 6.07 Å². The summed E-state index contributed by atoms with van der Waals surface area (Å²) in [6.45, 7) is 2.84. The van der Waals surface area contributed by atoms with E-state index in [2.05, 4.69) is 17.3 Å². The first-order valence-corrected chi connectivity index (χ1v) is 6.80. The number of halogens is 1. The summed E-state index contributed by atoms with van der Waals surface area (Å²) in [5, 5.41) is 3.15. The van der Waals surface area contributed by atoms with Gasteiger partial charge in [0.2, 0.25) is 0 Å². The molecular weight excluding hydrogens is 227 g/mol. The van der Waals surface area contributed by atoms with Gasteiger partial charge in [0.1, 0.15) is 5.82 Å².